The molecule has 2 aromatic heterocycles. The number of hydrogen-bond acceptors (Lipinski definition) is 13. The normalized spacial score (nSPS) is 19.2. The lowest BCUT2D eigenvalue weighted by Gasteiger charge is -2.38. The van der Waals surface area contributed by atoms with Gasteiger partial charge in [0.1, 0.15) is 24.4 Å². The smallest absolute Gasteiger partial charge is 0.303 e. The molecule has 2 unspecified atom stereocenters. The van der Waals surface area contributed by atoms with E-state index in [4.69, 9.17) is 10.5 Å². The number of esters is 1. The molecule has 3 amide bonds. The molecule has 2 aliphatic heterocycles. The van der Waals surface area contributed by atoms with Gasteiger partial charge >= 0.3 is 5.97 Å². The lowest BCUT2D eigenvalue weighted by molar-refractivity contribution is -0.144. The molecule has 0 radical (unpaired) electrons. The summed E-state index contributed by atoms with van der Waals surface area (Å²) in [6, 6.07) is 7.53. The zero-order valence-electron chi connectivity index (χ0n) is 30.6. The number of nitrogen functional groups attached to an aromatic ring is 1. The zero-order chi connectivity index (χ0) is 37.7. The average Bonchev–Trinajstić information content (AvgIpc) is 3.71. The summed E-state index contributed by atoms with van der Waals surface area (Å²) in [4.78, 5) is 63.2. The summed E-state index contributed by atoms with van der Waals surface area (Å²) in [5, 5.41) is 24.6. The molecular weight excluding hydrogens is 687 g/mol. The Bertz CT molecular complexity index is 1750. The van der Waals surface area contributed by atoms with Gasteiger partial charge < -0.3 is 36.0 Å². The third kappa shape index (κ3) is 9.40. The number of carbonyl (C=O) groups excluding carboxylic acids is 4. The molecule has 0 bridgehead atoms. The molecule has 1 aromatic carbocycles. The molecule has 280 valence electrons. The number of anilines is 2. The first-order valence-corrected chi connectivity index (χ1v) is 18.3. The highest BCUT2D eigenvalue weighted by atomic mass is 32.1. The molecule has 0 spiro atoms. The molecule has 52 heavy (non-hydrogen) atoms. The summed E-state index contributed by atoms with van der Waals surface area (Å²) in [5.41, 5.74) is 11.3. The summed E-state index contributed by atoms with van der Waals surface area (Å²) in [6.45, 7) is 13.0. The van der Waals surface area contributed by atoms with Crippen LogP contribution in [0.2, 0.25) is 0 Å². The predicted molar refractivity (Wildman–Crippen MR) is 197 cm³/mol. The van der Waals surface area contributed by atoms with E-state index in [2.05, 4.69) is 25.8 Å². The standard InChI is InChI=1S/C36H49N9O6S/c1-21(24-7-9-25(10-8-24)31-22(2)38-20-52-31)39-34(49)29-16-27(47)17-45(29)35(50)32(36(4,5)6)40-30(48)18-43-11-13-44(14-12-43)28-15-26(19-51-23(3)46)41-42-33(28)37/h7-10,15,20-21,27,29,32,47H,11-14,16-19H2,1-6H3,(H2,37,42)(H,39,49)(H,40,48)/t21?,27-,29+,32?/m1/s1. The van der Waals surface area contributed by atoms with Crippen molar-refractivity contribution in [3.63, 3.8) is 0 Å². The summed E-state index contributed by atoms with van der Waals surface area (Å²) < 4.78 is 5.03. The van der Waals surface area contributed by atoms with E-state index in [1.54, 1.807) is 17.4 Å². The Balaban J connectivity index is 1.17. The van der Waals surface area contributed by atoms with Crippen LogP contribution < -0.4 is 21.3 Å². The number of benzene rings is 1. The highest BCUT2D eigenvalue weighted by Gasteiger charge is 2.44. The Morgan fingerprint density at radius 3 is 2.38 bits per heavy atom. The van der Waals surface area contributed by atoms with E-state index in [1.165, 1.54) is 11.8 Å². The Morgan fingerprint density at radius 1 is 1.08 bits per heavy atom. The van der Waals surface area contributed by atoms with Gasteiger partial charge in [-0.05, 0) is 36.5 Å². The fourth-order valence-corrected chi connectivity index (χ4v) is 7.31. The van der Waals surface area contributed by atoms with E-state index in [9.17, 15) is 24.3 Å². The number of nitrogens with zero attached hydrogens (tertiary/aromatic N) is 6. The van der Waals surface area contributed by atoms with Crippen molar-refractivity contribution in [2.45, 2.75) is 78.8 Å². The molecule has 4 heterocycles. The summed E-state index contributed by atoms with van der Waals surface area (Å²) >= 11 is 1.57. The third-order valence-electron chi connectivity index (χ3n) is 9.42. The van der Waals surface area contributed by atoms with Crippen molar-refractivity contribution in [3.8, 4) is 10.4 Å². The van der Waals surface area contributed by atoms with Crippen molar-refractivity contribution in [1.29, 1.82) is 0 Å². The summed E-state index contributed by atoms with van der Waals surface area (Å²) in [5.74, 6) is -1.25. The van der Waals surface area contributed by atoms with Crippen LogP contribution in [0.5, 0.6) is 0 Å². The number of aliphatic hydroxyl groups is 1. The van der Waals surface area contributed by atoms with Gasteiger partial charge in [-0.15, -0.1) is 21.5 Å². The number of amides is 3. The monoisotopic (exact) mass is 735 g/mol. The maximum Gasteiger partial charge on any atom is 0.303 e. The maximum absolute atomic E-state index is 14.1. The number of likely N-dealkylation sites (tertiary alicyclic amines) is 1. The molecule has 3 aromatic rings. The summed E-state index contributed by atoms with van der Waals surface area (Å²) in [6.07, 6.45) is -0.766. The Morgan fingerprint density at radius 2 is 1.77 bits per heavy atom. The number of aliphatic hydroxyl groups excluding tert-OH is 1. The molecule has 4 atom stereocenters. The number of nitrogens with one attached hydrogen (secondary N) is 2. The molecule has 0 aliphatic carbocycles. The van der Waals surface area contributed by atoms with Gasteiger partial charge in [0.05, 0.1) is 40.5 Å². The van der Waals surface area contributed by atoms with Gasteiger partial charge in [-0.2, -0.15) is 0 Å². The topological polar surface area (TPSA) is 196 Å². The van der Waals surface area contributed by atoms with Crippen molar-refractivity contribution < 1.29 is 29.0 Å². The second-order valence-electron chi connectivity index (χ2n) is 14.5. The molecule has 2 fully saturated rings. The van der Waals surface area contributed by atoms with Crippen LogP contribution in [0.25, 0.3) is 10.4 Å². The lowest BCUT2D eigenvalue weighted by Crippen LogP contribution is -2.59. The van der Waals surface area contributed by atoms with Gasteiger partial charge in [0, 0.05) is 46.1 Å². The van der Waals surface area contributed by atoms with Gasteiger partial charge in [0.15, 0.2) is 5.82 Å². The number of hydrogen-bond donors (Lipinski definition) is 4. The van der Waals surface area contributed by atoms with Crippen LogP contribution in [-0.4, -0.2) is 111 Å². The first-order chi connectivity index (χ1) is 24.6. The molecule has 0 saturated carbocycles. The van der Waals surface area contributed by atoms with Crippen LogP contribution in [0, 0.1) is 12.3 Å². The number of β-amino-alcohol motifs (C(OH)–C–C–N with tert-alkyl or cyclic N) is 1. The fraction of sp³-hybridized carbons (Fsp3) is 0.528. The van der Waals surface area contributed by atoms with E-state index in [1.807, 2.05) is 74.2 Å². The molecular formula is C36H49N9O6S. The summed E-state index contributed by atoms with van der Waals surface area (Å²) in [7, 11) is 0. The van der Waals surface area contributed by atoms with Crippen molar-refractivity contribution in [3.05, 3.63) is 52.8 Å². The molecule has 2 aliphatic rings. The van der Waals surface area contributed by atoms with E-state index in [0.29, 0.717) is 37.6 Å². The second kappa shape index (κ2) is 16.3. The zero-order valence-corrected chi connectivity index (χ0v) is 31.4. The van der Waals surface area contributed by atoms with Crippen LogP contribution in [0.15, 0.2) is 35.8 Å². The van der Waals surface area contributed by atoms with Crippen LogP contribution in [-0.2, 0) is 30.5 Å². The number of thiazole rings is 1. The Hall–Kier alpha value is -4.67. The number of carbonyl (C=O) groups is 4. The maximum atomic E-state index is 14.1. The number of rotatable bonds is 11. The lowest BCUT2D eigenvalue weighted by atomic mass is 9.85. The van der Waals surface area contributed by atoms with Gasteiger partial charge in [-0.3, -0.25) is 24.1 Å². The van der Waals surface area contributed by atoms with E-state index < -0.39 is 35.5 Å². The number of aromatic nitrogens is 3. The van der Waals surface area contributed by atoms with Crippen LogP contribution in [0.1, 0.15) is 64.0 Å². The Kier molecular flexibility index (Phi) is 12.1. The number of aryl methyl sites for hydroxylation is 1. The van der Waals surface area contributed by atoms with E-state index in [-0.39, 0.29) is 49.8 Å². The minimum absolute atomic E-state index is 0.00576. The third-order valence-corrected chi connectivity index (χ3v) is 10.4. The van der Waals surface area contributed by atoms with Crippen molar-refractivity contribution in [2.24, 2.45) is 5.41 Å². The second-order valence-corrected chi connectivity index (χ2v) is 15.4. The predicted octanol–water partition coefficient (Wildman–Crippen LogP) is 2.05. The number of nitrogens with two attached hydrogens (primary N) is 1. The van der Waals surface area contributed by atoms with E-state index in [0.717, 1.165) is 21.7 Å². The quantitative estimate of drug-likeness (QED) is 0.210. The average molecular weight is 736 g/mol. The first-order valence-electron chi connectivity index (χ1n) is 17.4. The van der Waals surface area contributed by atoms with Crippen LogP contribution >= 0.6 is 11.3 Å². The van der Waals surface area contributed by atoms with Crippen LogP contribution in [0.4, 0.5) is 11.5 Å². The van der Waals surface area contributed by atoms with Gasteiger partial charge in [0.25, 0.3) is 0 Å². The van der Waals surface area contributed by atoms with Gasteiger partial charge in [0.2, 0.25) is 17.7 Å². The van der Waals surface area contributed by atoms with Crippen molar-refractivity contribution in [2.75, 3.05) is 49.9 Å². The minimum atomic E-state index is -0.930. The van der Waals surface area contributed by atoms with Crippen molar-refractivity contribution >= 4 is 46.5 Å². The van der Waals surface area contributed by atoms with Gasteiger partial charge in [-0.25, -0.2) is 4.98 Å². The van der Waals surface area contributed by atoms with E-state index >= 15 is 0 Å². The van der Waals surface area contributed by atoms with Gasteiger partial charge in [-0.1, -0.05) is 45.0 Å². The fourth-order valence-electron chi connectivity index (χ4n) is 6.50. The first kappa shape index (κ1) is 38.6. The number of ether oxygens (including phenoxy) is 1. The van der Waals surface area contributed by atoms with Crippen LogP contribution in [0.3, 0.4) is 0 Å². The number of piperazine rings is 1. The SMILES string of the molecule is CC(=O)OCc1cc(N2CCN(CC(=O)NC(C(=O)N3C[C@H](O)C[C@H]3C(=O)NC(C)c3ccc(-c4scnc4C)cc3)C(C)(C)C)CC2)c(N)nn1. The highest BCUT2D eigenvalue weighted by molar-refractivity contribution is 7.13. The Labute approximate surface area is 307 Å². The van der Waals surface area contributed by atoms with Crippen molar-refractivity contribution in [1.82, 2.24) is 35.6 Å². The molecule has 5 rings (SSSR count). The molecule has 2 saturated heterocycles. The largest absolute Gasteiger partial charge is 0.459 e. The minimum Gasteiger partial charge on any atom is -0.459 e. The highest BCUT2D eigenvalue weighted by Crippen LogP contribution is 2.30. The molecule has 5 N–H and O–H groups in total. The molecule has 16 heteroatoms. The molecule has 15 nitrogen and oxygen atoms in total.